The summed E-state index contributed by atoms with van der Waals surface area (Å²) < 4.78 is 26.7. The number of halogens is 1. The van der Waals surface area contributed by atoms with Crippen LogP contribution in [0.25, 0.3) is 16.9 Å². The van der Waals surface area contributed by atoms with Crippen LogP contribution in [0, 0.1) is 18.8 Å². The lowest BCUT2D eigenvalue weighted by molar-refractivity contribution is -0.155. The third-order valence-electron chi connectivity index (χ3n) is 7.52. The minimum atomic E-state index is -0.585. The first-order chi connectivity index (χ1) is 21.3. The van der Waals surface area contributed by atoms with Gasteiger partial charge in [0.2, 0.25) is 5.95 Å². The molecule has 1 saturated heterocycles. The van der Waals surface area contributed by atoms with E-state index in [1.165, 1.54) is 12.3 Å². The second-order valence-electron chi connectivity index (χ2n) is 11.1. The molecule has 0 radical (unpaired) electrons. The molecule has 232 valence electrons. The third kappa shape index (κ3) is 7.69. The van der Waals surface area contributed by atoms with E-state index in [2.05, 4.69) is 15.0 Å². The van der Waals surface area contributed by atoms with Crippen LogP contribution < -0.4 is 4.74 Å². The maximum atomic E-state index is 14.0. The number of benzene rings is 1. The lowest BCUT2D eigenvalue weighted by Gasteiger charge is -2.17. The number of nitrogens with zero attached hydrogens (tertiary/aromatic N) is 7. The molecule has 1 aromatic carbocycles. The minimum Gasteiger partial charge on any atom is -0.462 e. The Morgan fingerprint density at radius 2 is 1.89 bits per heavy atom. The molecule has 3 aromatic heterocycles. The summed E-state index contributed by atoms with van der Waals surface area (Å²) in [5, 5.41) is 6.70. The molecule has 0 amide bonds. The van der Waals surface area contributed by atoms with Gasteiger partial charge in [0.1, 0.15) is 18.5 Å². The molecule has 11 nitrogen and oxygen atoms in total. The van der Waals surface area contributed by atoms with Crippen LogP contribution >= 0.6 is 0 Å². The molecule has 4 aromatic rings. The SMILES string of the molecule is COCCN1C[C@@H](CC(=O)Cc2c(C)c(-c3cnc(OCCN(C)C)nc3)nn2-c2ccccc2)[C@H](c2ccnc(F)c2)O1. The zero-order chi connectivity index (χ0) is 31.1. The number of aromatic nitrogens is 5. The smallest absolute Gasteiger partial charge is 0.316 e. The van der Waals surface area contributed by atoms with Gasteiger partial charge in [0.25, 0.3) is 0 Å². The highest BCUT2D eigenvalue weighted by molar-refractivity contribution is 5.82. The Bertz CT molecular complexity index is 1530. The average molecular weight is 604 g/mol. The lowest BCUT2D eigenvalue weighted by Crippen LogP contribution is -2.24. The number of ketones is 1. The molecule has 0 bridgehead atoms. The number of carbonyl (C=O) groups is 1. The number of methoxy groups -OCH3 is 1. The molecule has 2 atom stereocenters. The highest BCUT2D eigenvalue weighted by Crippen LogP contribution is 2.37. The van der Waals surface area contributed by atoms with Crippen molar-refractivity contribution in [1.82, 2.24) is 34.7 Å². The molecule has 0 unspecified atom stereocenters. The van der Waals surface area contributed by atoms with Gasteiger partial charge in [-0.1, -0.05) is 18.2 Å². The van der Waals surface area contributed by atoms with Gasteiger partial charge in [0.15, 0.2) is 0 Å². The van der Waals surface area contributed by atoms with E-state index in [9.17, 15) is 9.18 Å². The van der Waals surface area contributed by atoms with Crippen molar-refractivity contribution in [2.45, 2.75) is 25.9 Å². The normalized spacial score (nSPS) is 17.0. The van der Waals surface area contributed by atoms with Crippen LogP contribution in [0.5, 0.6) is 6.01 Å². The van der Waals surface area contributed by atoms with Crippen LogP contribution in [0.3, 0.4) is 0 Å². The van der Waals surface area contributed by atoms with Crippen molar-refractivity contribution < 1.29 is 23.5 Å². The number of hydrogen-bond acceptors (Lipinski definition) is 10. The molecule has 12 heteroatoms. The van der Waals surface area contributed by atoms with Crippen LogP contribution in [-0.4, -0.2) is 94.5 Å². The Balaban J connectivity index is 1.38. The van der Waals surface area contributed by atoms with Crippen molar-refractivity contribution in [2.24, 2.45) is 5.92 Å². The molecule has 4 heterocycles. The monoisotopic (exact) mass is 603 g/mol. The van der Waals surface area contributed by atoms with Gasteiger partial charge in [-0.25, -0.2) is 19.6 Å². The number of hydrogen-bond donors (Lipinski definition) is 0. The van der Waals surface area contributed by atoms with Crippen LogP contribution in [0.2, 0.25) is 0 Å². The van der Waals surface area contributed by atoms with E-state index in [0.717, 1.165) is 29.1 Å². The van der Waals surface area contributed by atoms with Crippen LogP contribution in [-0.2, 0) is 20.8 Å². The summed E-state index contributed by atoms with van der Waals surface area (Å²) >= 11 is 0. The van der Waals surface area contributed by atoms with Gasteiger partial charge in [0, 0.05) is 69.7 Å². The minimum absolute atomic E-state index is 0.0272. The van der Waals surface area contributed by atoms with Crippen molar-refractivity contribution in [3.8, 4) is 23.0 Å². The molecule has 1 fully saturated rings. The molecule has 1 aliphatic rings. The lowest BCUT2D eigenvalue weighted by atomic mass is 9.91. The maximum Gasteiger partial charge on any atom is 0.316 e. The molecule has 44 heavy (non-hydrogen) atoms. The Labute approximate surface area is 256 Å². The Kier molecular flexibility index (Phi) is 10.4. The molecular weight excluding hydrogens is 565 g/mol. The predicted molar refractivity (Wildman–Crippen MR) is 162 cm³/mol. The van der Waals surface area contributed by atoms with Crippen molar-refractivity contribution in [3.63, 3.8) is 0 Å². The quantitative estimate of drug-likeness (QED) is 0.197. The molecular formula is C32H38FN7O4. The number of rotatable bonds is 14. The highest BCUT2D eigenvalue weighted by Gasteiger charge is 2.37. The average Bonchev–Trinajstić information content (AvgIpc) is 3.57. The summed E-state index contributed by atoms with van der Waals surface area (Å²) in [6.45, 7) is 4.72. The van der Waals surface area contributed by atoms with Gasteiger partial charge in [0.05, 0.1) is 23.7 Å². The second kappa shape index (κ2) is 14.6. The van der Waals surface area contributed by atoms with E-state index in [-0.39, 0.29) is 24.5 Å². The fraction of sp³-hybridized carbons (Fsp3) is 0.406. The van der Waals surface area contributed by atoms with Gasteiger partial charge in [-0.05, 0) is 56.4 Å². The fourth-order valence-electron chi connectivity index (χ4n) is 5.26. The number of Topliss-reactive ketones (excluding diaryl/α,β-unsaturated/α-hetero) is 1. The Morgan fingerprint density at radius 1 is 1.11 bits per heavy atom. The van der Waals surface area contributed by atoms with Gasteiger partial charge < -0.3 is 14.4 Å². The number of hydroxylamine groups is 2. The first-order valence-electron chi connectivity index (χ1n) is 14.6. The topological polar surface area (TPSA) is 108 Å². The van der Waals surface area contributed by atoms with Crippen LogP contribution in [0.1, 0.15) is 29.3 Å². The predicted octanol–water partition coefficient (Wildman–Crippen LogP) is 3.87. The van der Waals surface area contributed by atoms with Crippen LogP contribution in [0.4, 0.5) is 4.39 Å². The summed E-state index contributed by atoms with van der Waals surface area (Å²) in [4.78, 5) is 34.3. The van der Waals surface area contributed by atoms with Crippen molar-refractivity contribution >= 4 is 5.78 Å². The number of ether oxygens (including phenoxy) is 2. The van der Waals surface area contributed by atoms with E-state index in [4.69, 9.17) is 19.4 Å². The first-order valence-corrected chi connectivity index (χ1v) is 14.6. The van der Waals surface area contributed by atoms with E-state index >= 15 is 0 Å². The maximum absolute atomic E-state index is 14.0. The molecule has 0 spiro atoms. The Hall–Kier alpha value is -4.10. The summed E-state index contributed by atoms with van der Waals surface area (Å²) in [6.07, 6.45) is 4.73. The summed E-state index contributed by atoms with van der Waals surface area (Å²) in [6, 6.07) is 13.1. The van der Waals surface area contributed by atoms with Gasteiger partial charge in [-0.3, -0.25) is 9.63 Å². The largest absolute Gasteiger partial charge is 0.462 e. The molecule has 1 aliphatic heterocycles. The number of likely N-dealkylation sites (N-methyl/N-ethyl adjacent to an activating group) is 1. The summed E-state index contributed by atoms with van der Waals surface area (Å²) in [5.74, 6) is -0.736. The number of carbonyl (C=O) groups excluding carboxylic acids is 1. The van der Waals surface area contributed by atoms with Gasteiger partial charge in [-0.15, -0.1) is 0 Å². The van der Waals surface area contributed by atoms with E-state index < -0.39 is 12.1 Å². The second-order valence-corrected chi connectivity index (χ2v) is 11.1. The zero-order valence-electron chi connectivity index (χ0n) is 25.5. The first kappa shape index (κ1) is 31.3. The van der Waals surface area contributed by atoms with Crippen molar-refractivity contribution in [2.75, 3.05) is 54.1 Å². The highest BCUT2D eigenvalue weighted by atomic mass is 19.1. The number of pyridine rings is 1. The van der Waals surface area contributed by atoms with Gasteiger partial charge in [-0.2, -0.15) is 14.6 Å². The zero-order valence-corrected chi connectivity index (χ0v) is 25.5. The number of para-hydroxylation sites is 1. The van der Waals surface area contributed by atoms with Gasteiger partial charge >= 0.3 is 6.01 Å². The molecule has 0 N–H and O–H groups in total. The standard InChI is InChI=1S/C32H38FN7O4/c1-22-28(18-27(41)16-24-21-39(13-14-42-4)44-31(24)23-10-11-34-29(33)17-23)40(26-8-6-5-7-9-26)37-30(22)25-19-35-32(36-20-25)43-15-12-38(2)3/h5-11,17,19-20,24,31H,12-16,18,21H2,1-4H3/t24-,31+/m1/s1. The van der Waals surface area contributed by atoms with Crippen molar-refractivity contribution in [1.29, 1.82) is 0 Å². The third-order valence-corrected chi connectivity index (χ3v) is 7.52. The fourth-order valence-corrected chi connectivity index (χ4v) is 5.26. The van der Waals surface area contributed by atoms with E-state index in [0.29, 0.717) is 43.6 Å². The molecule has 5 rings (SSSR count). The van der Waals surface area contributed by atoms with Crippen molar-refractivity contribution in [3.05, 3.63) is 83.8 Å². The summed E-state index contributed by atoms with van der Waals surface area (Å²) in [5.41, 5.74) is 4.56. The van der Waals surface area contributed by atoms with E-state index in [1.54, 1.807) is 30.6 Å². The molecule has 0 saturated carbocycles. The molecule has 0 aliphatic carbocycles. The summed E-state index contributed by atoms with van der Waals surface area (Å²) in [7, 11) is 5.57. The van der Waals surface area contributed by atoms with Crippen LogP contribution in [0.15, 0.2) is 61.1 Å². The van der Waals surface area contributed by atoms with E-state index in [1.807, 2.05) is 60.9 Å². The Morgan fingerprint density at radius 3 is 2.59 bits per heavy atom.